The summed E-state index contributed by atoms with van der Waals surface area (Å²) in [4.78, 5) is 24.9. The lowest BCUT2D eigenvalue weighted by molar-refractivity contribution is -0.385. The van der Waals surface area contributed by atoms with Crippen LogP contribution in [0.5, 0.6) is 11.6 Å². The van der Waals surface area contributed by atoms with Crippen molar-refractivity contribution in [1.29, 1.82) is 0 Å². The number of ether oxygens (including phenoxy) is 1. The van der Waals surface area contributed by atoms with Crippen LogP contribution in [-0.2, 0) is 15.6 Å². The van der Waals surface area contributed by atoms with Gasteiger partial charge in [-0.2, -0.15) is 5.10 Å². The molecule has 2 aromatic rings. The maximum absolute atomic E-state index is 13.1. The largest absolute Gasteiger partial charge is 0.438 e. The Kier molecular flexibility index (Phi) is 8.66. The maximum atomic E-state index is 13.1. The molecule has 0 unspecified atom stereocenters. The molecule has 35 heavy (non-hydrogen) atoms. The standard InChI is InChI=1S/C23H35N5O6S/c1-9-13-26(8)21(29)20-16(4)22(27(24-20)23(5,6)7)34-18-12-11-17(28(30)31)14-19(18)35(32,33)25-15(3)10-2/h11-12,14-15,25H,9-10,13H2,1-8H3/t15-/m0/s1. The topological polar surface area (TPSA) is 137 Å². The zero-order valence-corrected chi connectivity index (χ0v) is 22.4. The van der Waals surface area contributed by atoms with Gasteiger partial charge in [-0.3, -0.25) is 14.9 Å². The first-order valence-electron chi connectivity index (χ1n) is 11.5. The van der Waals surface area contributed by atoms with Gasteiger partial charge in [-0.25, -0.2) is 17.8 Å². The lowest BCUT2D eigenvalue weighted by atomic mass is 10.1. The van der Waals surface area contributed by atoms with Crippen LogP contribution in [0.15, 0.2) is 23.1 Å². The Morgan fingerprint density at radius 1 is 1.31 bits per heavy atom. The minimum Gasteiger partial charge on any atom is -0.438 e. The fourth-order valence-electron chi connectivity index (χ4n) is 3.30. The fraction of sp³-hybridized carbons (Fsp3) is 0.565. The second-order valence-electron chi connectivity index (χ2n) is 9.51. The Balaban J connectivity index is 2.70. The van der Waals surface area contributed by atoms with Crippen LogP contribution in [-0.4, -0.2) is 53.6 Å². The van der Waals surface area contributed by atoms with Crippen LogP contribution in [0.2, 0.25) is 0 Å². The van der Waals surface area contributed by atoms with Gasteiger partial charge < -0.3 is 9.64 Å². The molecular formula is C23H35N5O6S. The summed E-state index contributed by atoms with van der Waals surface area (Å²) in [5.41, 5.74) is -0.379. The summed E-state index contributed by atoms with van der Waals surface area (Å²) < 4.78 is 36.4. The molecular weight excluding hydrogens is 474 g/mol. The highest BCUT2D eigenvalue weighted by molar-refractivity contribution is 7.89. The van der Waals surface area contributed by atoms with E-state index in [2.05, 4.69) is 9.82 Å². The number of aromatic nitrogens is 2. The molecule has 0 aliphatic rings. The van der Waals surface area contributed by atoms with Crippen LogP contribution in [0, 0.1) is 17.0 Å². The minimum absolute atomic E-state index is 0.110. The van der Waals surface area contributed by atoms with Gasteiger partial charge in [0.15, 0.2) is 5.69 Å². The Morgan fingerprint density at radius 3 is 2.46 bits per heavy atom. The Labute approximate surface area is 206 Å². The highest BCUT2D eigenvalue weighted by Crippen LogP contribution is 2.37. The molecule has 0 saturated carbocycles. The molecule has 1 atom stereocenters. The molecule has 1 N–H and O–H groups in total. The number of benzene rings is 1. The third-order valence-electron chi connectivity index (χ3n) is 5.42. The van der Waals surface area contributed by atoms with Gasteiger partial charge in [0.25, 0.3) is 11.6 Å². The summed E-state index contributed by atoms with van der Waals surface area (Å²) in [7, 11) is -2.47. The van der Waals surface area contributed by atoms with Gasteiger partial charge in [0.2, 0.25) is 15.9 Å². The van der Waals surface area contributed by atoms with Gasteiger partial charge in [-0.05, 0) is 53.5 Å². The normalized spacial score (nSPS) is 12.9. The molecule has 194 valence electrons. The smallest absolute Gasteiger partial charge is 0.274 e. The molecule has 0 aliphatic heterocycles. The number of nitrogens with one attached hydrogen (secondary N) is 1. The summed E-state index contributed by atoms with van der Waals surface area (Å²) in [6.45, 7) is 13.3. The number of amides is 1. The van der Waals surface area contributed by atoms with Crippen molar-refractivity contribution >= 4 is 21.6 Å². The SMILES string of the molecule is CCCN(C)C(=O)c1nn(C(C)(C)C)c(Oc2ccc([N+](=O)[O-])cc2S(=O)(=O)N[C@@H](C)CC)c1C. The molecule has 0 spiro atoms. The zero-order valence-electron chi connectivity index (χ0n) is 21.6. The number of non-ortho nitro benzene ring substituents is 1. The average Bonchev–Trinajstić information content (AvgIpc) is 3.09. The van der Waals surface area contributed by atoms with Gasteiger partial charge in [0.05, 0.1) is 10.5 Å². The number of nitrogens with zero attached hydrogens (tertiary/aromatic N) is 4. The number of rotatable bonds is 10. The summed E-state index contributed by atoms with van der Waals surface area (Å²) in [6.07, 6.45) is 1.30. The molecule has 1 heterocycles. The molecule has 0 bridgehead atoms. The van der Waals surface area contributed by atoms with Crippen molar-refractivity contribution in [2.75, 3.05) is 13.6 Å². The van der Waals surface area contributed by atoms with E-state index in [1.54, 1.807) is 25.8 Å². The molecule has 1 aromatic carbocycles. The second-order valence-corrected chi connectivity index (χ2v) is 11.2. The molecule has 2 rings (SSSR count). The Morgan fingerprint density at radius 2 is 1.94 bits per heavy atom. The predicted molar refractivity (Wildman–Crippen MR) is 132 cm³/mol. The third-order valence-corrected chi connectivity index (χ3v) is 7.03. The summed E-state index contributed by atoms with van der Waals surface area (Å²) in [5.74, 6) is -0.215. The Hall–Kier alpha value is -2.99. The number of carbonyl (C=O) groups is 1. The Bertz CT molecular complexity index is 1200. The molecule has 11 nitrogen and oxygen atoms in total. The lowest BCUT2D eigenvalue weighted by Gasteiger charge is -2.23. The third kappa shape index (κ3) is 6.37. The molecule has 0 radical (unpaired) electrons. The van der Waals surface area contributed by atoms with E-state index in [9.17, 15) is 23.3 Å². The molecule has 1 amide bonds. The summed E-state index contributed by atoms with van der Waals surface area (Å²) in [5, 5.41) is 15.9. The van der Waals surface area contributed by atoms with E-state index in [1.165, 1.54) is 16.8 Å². The quantitative estimate of drug-likeness (QED) is 0.374. The minimum atomic E-state index is -4.15. The van der Waals surface area contributed by atoms with Gasteiger partial charge in [0.1, 0.15) is 10.6 Å². The number of sulfonamides is 1. The van der Waals surface area contributed by atoms with Crippen LogP contribution < -0.4 is 9.46 Å². The van der Waals surface area contributed by atoms with Crippen LogP contribution >= 0.6 is 0 Å². The van der Waals surface area contributed by atoms with Crippen molar-refractivity contribution in [2.45, 2.75) is 77.8 Å². The van der Waals surface area contributed by atoms with Gasteiger partial charge in [-0.1, -0.05) is 13.8 Å². The highest BCUT2D eigenvalue weighted by Gasteiger charge is 2.31. The monoisotopic (exact) mass is 509 g/mol. The van der Waals surface area contributed by atoms with E-state index in [0.717, 1.165) is 12.5 Å². The van der Waals surface area contributed by atoms with E-state index >= 15 is 0 Å². The van der Waals surface area contributed by atoms with Crippen LogP contribution in [0.3, 0.4) is 0 Å². The van der Waals surface area contributed by atoms with E-state index in [-0.39, 0.29) is 33.8 Å². The number of hydrogen-bond acceptors (Lipinski definition) is 7. The molecule has 0 saturated heterocycles. The summed E-state index contributed by atoms with van der Waals surface area (Å²) in [6, 6.07) is 2.99. The van der Waals surface area contributed by atoms with Crippen LogP contribution in [0.4, 0.5) is 5.69 Å². The number of nitro benzene ring substituents is 1. The van der Waals surface area contributed by atoms with Crippen LogP contribution in [0.25, 0.3) is 0 Å². The maximum Gasteiger partial charge on any atom is 0.274 e. The van der Waals surface area contributed by atoms with E-state index in [1.807, 2.05) is 34.6 Å². The van der Waals surface area contributed by atoms with Gasteiger partial charge >= 0.3 is 0 Å². The van der Waals surface area contributed by atoms with Crippen molar-refractivity contribution in [1.82, 2.24) is 19.4 Å². The summed E-state index contributed by atoms with van der Waals surface area (Å²) >= 11 is 0. The van der Waals surface area contributed by atoms with E-state index in [0.29, 0.717) is 18.5 Å². The fourth-order valence-corrected chi connectivity index (χ4v) is 4.77. The molecule has 1 aromatic heterocycles. The average molecular weight is 510 g/mol. The first-order chi connectivity index (χ1) is 16.1. The first-order valence-corrected chi connectivity index (χ1v) is 13.0. The van der Waals surface area contributed by atoms with Crippen molar-refractivity contribution in [3.05, 3.63) is 39.6 Å². The molecule has 0 aliphatic carbocycles. The highest BCUT2D eigenvalue weighted by atomic mass is 32.2. The van der Waals surface area contributed by atoms with E-state index < -0.39 is 26.5 Å². The van der Waals surface area contributed by atoms with Crippen LogP contribution in [0.1, 0.15) is 70.4 Å². The zero-order chi connectivity index (χ0) is 26.7. The number of carbonyl (C=O) groups excluding carboxylic acids is 1. The lowest BCUT2D eigenvalue weighted by Crippen LogP contribution is -2.32. The van der Waals surface area contributed by atoms with Crippen molar-refractivity contribution in [2.24, 2.45) is 0 Å². The molecule has 0 fully saturated rings. The van der Waals surface area contributed by atoms with Crippen molar-refractivity contribution < 1.29 is 22.9 Å². The van der Waals surface area contributed by atoms with Crippen molar-refractivity contribution in [3.63, 3.8) is 0 Å². The van der Waals surface area contributed by atoms with Crippen molar-refractivity contribution in [3.8, 4) is 11.6 Å². The predicted octanol–water partition coefficient (Wildman–Crippen LogP) is 4.21. The van der Waals surface area contributed by atoms with Gasteiger partial charge in [0, 0.05) is 37.3 Å². The van der Waals surface area contributed by atoms with E-state index in [4.69, 9.17) is 4.74 Å². The number of nitro groups is 1. The van der Waals surface area contributed by atoms with Gasteiger partial charge in [-0.15, -0.1) is 0 Å². The number of hydrogen-bond donors (Lipinski definition) is 1. The molecule has 12 heteroatoms. The second kappa shape index (κ2) is 10.7. The first kappa shape index (κ1) is 28.2.